The lowest BCUT2D eigenvalue weighted by molar-refractivity contribution is -0.111. The van der Waals surface area contributed by atoms with E-state index in [9.17, 15) is 0 Å². The molecule has 0 aromatic carbocycles. The van der Waals surface area contributed by atoms with Crippen molar-refractivity contribution in [2.75, 3.05) is 0 Å². The number of unbranched alkanes of at least 4 members (excludes halogenated alkanes) is 1. The van der Waals surface area contributed by atoms with Gasteiger partial charge in [0.1, 0.15) is 0 Å². The molecule has 0 saturated heterocycles. The van der Waals surface area contributed by atoms with Gasteiger partial charge in [-0.15, -0.1) is 0 Å². The minimum absolute atomic E-state index is 0.704. The zero-order chi connectivity index (χ0) is 21.1. The molecule has 0 aromatic heterocycles. The molecule has 4 saturated carbocycles. The highest BCUT2D eigenvalue weighted by molar-refractivity contribution is 5.08. The standard InChI is InChI=1S/C25H44.C4H10/c1-18(2)8-7-10-20-12-14-22-21-13-11-19-9-5-6-16-24(19,3)23(21)15-17-25(20,22)4;1-3-4-2/h18-23H,5-17H2,1-4H3;3-4H2,1-2H3. The molecule has 170 valence electrons. The Balaban J connectivity index is 0.000000552. The highest BCUT2D eigenvalue weighted by atomic mass is 14.6. The van der Waals surface area contributed by atoms with E-state index in [4.69, 9.17) is 0 Å². The second-order valence-electron chi connectivity index (χ2n) is 12.5. The SMILES string of the molecule is CC(C)CCCC1CCC2C3CCC4CCCCC4(C)C3CCC12C.CCCC. The molecule has 4 aliphatic rings. The van der Waals surface area contributed by atoms with Crippen LogP contribution in [-0.2, 0) is 0 Å². The predicted octanol–water partition coefficient (Wildman–Crippen LogP) is 9.67. The van der Waals surface area contributed by atoms with Gasteiger partial charge in [0.2, 0.25) is 0 Å². The first kappa shape index (κ1) is 23.7. The normalized spacial score (nSPS) is 43.8. The zero-order valence-corrected chi connectivity index (χ0v) is 21.1. The van der Waals surface area contributed by atoms with Crippen molar-refractivity contribution in [2.24, 2.45) is 46.3 Å². The van der Waals surface area contributed by atoms with Crippen LogP contribution in [0, 0.1) is 46.3 Å². The average Bonchev–Trinajstić information content (AvgIpc) is 3.04. The monoisotopic (exact) mass is 402 g/mol. The molecule has 0 amide bonds. The fraction of sp³-hybridized carbons (Fsp3) is 1.00. The van der Waals surface area contributed by atoms with Gasteiger partial charge in [-0.3, -0.25) is 0 Å². The maximum absolute atomic E-state index is 2.73. The van der Waals surface area contributed by atoms with Gasteiger partial charge in [0.15, 0.2) is 0 Å². The molecule has 0 nitrogen and oxygen atoms in total. The molecule has 0 aliphatic heterocycles. The second kappa shape index (κ2) is 10.1. The molecule has 0 spiro atoms. The molecular formula is C29H54. The zero-order valence-electron chi connectivity index (χ0n) is 21.1. The van der Waals surface area contributed by atoms with Gasteiger partial charge in [-0.1, -0.05) is 80.1 Å². The van der Waals surface area contributed by atoms with Gasteiger partial charge in [0.25, 0.3) is 0 Å². The molecule has 0 N–H and O–H groups in total. The van der Waals surface area contributed by atoms with Crippen molar-refractivity contribution in [1.29, 1.82) is 0 Å². The summed E-state index contributed by atoms with van der Waals surface area (Å²) in [5, 5.41) is 0. The summed E-state index contributed by atoms with van der Waals surface area (Å²) in [6, 6.07) is 0. The molecular weight excluding hydrogens is 348 g/mol. The molecule has 0 radical (unpaired) electrons. The Morgan fingerprint density at radius 1 is 0.759 bits per heavy atom. The largest absolute Gasteiger partial charge is 0.0654 e. The van der Waals surface area contributed by atoms with Crippen LogP contribution < -0.4 is 0 Å². The summed E-state index contributed by atoms with van der Waals surface area (Å²) >= 11 is 0. The van der Waals surface area contributed by atoms with Gasteiger partial charge in [0, 0.05) is 0 Å². The first-order chi connectivity index (χ1) is 13.9. The molecule has 0 heteroatoms. The van der Waals surface area contributed by atoms with Crippen molar-refractivity contribution < 1.29 is 0 Å². The minimum atomic E-state index is 0.704. The van der Waals surface area contributed by atoms with Gasteiger partial charge in [-0.25, -0.2) is 0 Å². The summed E-state index contributed by atoms with van der Waals surface area (Å²) in [5.41, 5.74) is 1.42. The Labute approximate surface area is 184 Å². The van der Waals surface area contributed by atoms with Gasteiger partial charge < -0.3 is 0 Å². The van der Waals surface area contributed by atoms with Gasteiger partial charge in [-0.05, 0) is 104 Å². The van der Waals surface area contributed by atoms with Crippen LogP contribution in [0.25, 0.3) is 0 Å². The molecule has 0 heterocycles. The van der Waals surface area contributed by atoms with E-state index >= 15 is 0 Å². The van der Waals surface area contributed by atoms with Crippen LogP contribution >= 0.6 is 0 Å². The van der Waals surface area contributed by atoms with Gasteiger partial charge in [-0.2, -0.15) is 0 Å². The molecule has 0 aromatic rings. The summed E-state index contributed by atoms with van der Waals surface area (Å²) < 4.78 is 0. The van der Waals surface area contributed by atoms with Gasteiger partial charge in [0.05, 0.1) is 0 Å². The molecule has 4 aliphatic carbocycles. The summed E-state index contributed by atoms with van der Waals surface area (Å²) in [6.07, 6.45) is 22.7. The maximum atomic E-state index is 2.73. The third-order valence-electron chi connectivity index (χ3n) is 10.6. The second-order valence-corrected chi connectivity index (χ2v) is 12.5. The van der Waals surface area contributed by atoms with Crippen molar-refractivity contribution >= 4 is 0 Å². The Morgan fingerprint density at radius 3 is 2.17 bits per heavy atom. The Kier molecular flexibility index (Phi) is 8.22. The van der Waals surface area contributed by atoms with Crippen LogP contribution in [0.1, 0.15) is 138 Å². The van der Waals surface area contributed by atoms with Crippen molar-refractivity contribution in [3.8, 4) is 0 Å². The van der Waals surface area contributed by atoms with Crippen molar-refractivity contribution in [3.05, 3.63) is 0 Å². The lowest BCUT2D eigenvalue weighted by atomic mass is 9.45. The van der Waals surface area contributed by atoms with Crippen LogP contribution in [0.3, 0.4) is 0 Å². The summed E-state index contributed by atoms with van der Waals surface area (Å²) in [6.45, 7) is 14.6. The van der Waals surface area contributed by atoms with Crippen LogP contribution in [0.2, 0.25) is 0 Å². The van der Waals surface area contributed by atoms with E-state index in [-0.39, 0.29) is 0 Å². The molecule has 4 fully saturated rings. The van der Waals surface area contributed by atoms with Crippen LogP contribution in [0.15, 0.2) is 0 Å². The molecule has 4 rings (SSSR count). The number of hydrogen-bond donors (Lipinski definition) is 0. The van der Waals surface area contributed by atoms with Crippen LogP contribution in [-0.4, -0.2) is 0 Å². The first-order valence-electron chi connectivity index (χ1n) is 13.9. The number of hydrogen-bond acceptors (Lipinski definition) is 0. The summed E-state index contributed by atoms with van der Waals surface area (Å²) in [7, 11) is 0. The third-order valence-corrected chi connectivity index (χ3v) is 10.6. The highest BCUT2D eigenvalue weighted by Crippen LogP contribution is 2.67. The quantitative estimate of drug-likeness (QED) is 0.429. The fourth-order valence-corrected chi connectivity index (χ4v) is 8.65. The highest BCUT2D eigenvalue weighted by Gasteiger charge is 2.59. The van der Waals surface area contributed by atoms with E-state index in [0.29, 0.717) is 5.41 Å². The van der Waals surface area contributed by atoms with Crippen molar-refractivity contribution in [2.45, 2.75) is 138 Å². The maximum Gasteiger partial charge on any atom is -0.0266 e. The van der Waals surface area contributed by atoms with E-state index in [1.807, 2.05) is 0 Å². The van der Waals surface area contributed by atoms with E-state index < -0.39 is 0 Å². The summed E-state index contributed by atoms with van der Waals surface area (Å²) in [5.74, 6) is 6.27. The summed E-state index contributed by atoms with van der Waals surface area (Å²) in [4.78, 5) is 0. The number of fused-ring (bicyclic) bond motifs is 5. The molecule has 7 atom stereocenters. The van der Waals surface area contributed by atoms with Crippen molar-refractivity contribution in [1.82, 2.24) is 0 Å². The van der Waals surface area contributed by atoms with E-state index in [0.717, 1.165) is 40.9 Å². The fourth-order valence-electron chi connectivity index (χ4n) is 8.65. The third kappa shape index (κ3) is 4.77. The van der Waals surface area contributed by atoms with E-state index in [2.05, 4.69) is 41.5 Å². The lowest BCUT2D eigenvalue weighted by Gasteiger charge is -2.60. The predicted molar refractivity (Wildman–Crippen MR) is 129 cm³/mol. The topological polar surface area (TPSA) is 0 Å². The molecule has 0 bridgehead atoms. The number of rotatable bonds is 5. The Bertz CT molecular complexity index is 490. The van der Waals surface area contributed by atoms with E-state index in [1.54, 1.807) is 51.4 Å². The average molecular weight is 403 g/mol. The van der Waals surface area contributed by atoms with Crippen LogP contribution in [0.5, 0.6) is 0 Å². The van der Waals surface area contributed by atoms with Crippen LogP contribution in [0.4, 0.5) is 0 Å². The Hall–Kier alpha value is 0. The minimum Gasteiger partial charge on any atom is -0.0654 e. The van der Waals surface area contributed by atoms with E-state index in [1.165, 1.54) is 44.9 Å². The smallest absolute Gasteiger partial charge is 0.0266 e. The Morgan fingerprint density at radius 2 is 1.48 bits per heavy atom. The van der Waals surface area contributed by atoms with Gasteiger partial charge >= 0.3 is 0 Å². The molecule has 29 heavy (non-hydrogen) atoms. The lowest BCUT2D eigenvalue weighted by Crippen LogP contribution is -2.52. The molecule has 7 unspecified atom stereocenters. The first-order valence-corrected chi connectivity index (χ1v) is 13.9. The van der Waals surface area contributed by atoms with Crippen molar-refractivity contribution in [3.63, 3.8) is 0 Å².